The fraction of sp³-hybridized carbons (Fsp3) is 0.267. The second kappa shape index (κ2) is 5.03. The van der Waals surface area contributed by atoms with Gasteiger partial charge in [-0.2, -0.15) is 0 Å². The van der Waals surface area contributed by atoms with Crippen molar-refractivity contribution in [1.29, 1.82) is 0 Å². The molecule has 0 radical (unpaired) electrons. The summed E-state index contributed by atoms with van der Waals surface area (Å²) in [4.78, 5) is 6.48. The Balaban J connectivity index is 1.91. The highest BCUT2D eigenvalue weighted by Gasteiger charge is 2.25. The molecule has 0 spiro atoms. The number of fused-ring (bicyclic) bond motifs is 1. The molecule has 0 saturated heterocycles. The van der Waals surface area contributed by atoms with E-state index in [4.69, 9.17) is 23.2 Å². The molecule has 1 aromatic carbocycles. The molecule has 0 N–H and O–H groups in total. The number of hydrogen-bond donors (Lipinski definition) is 0. The molecule has 0 aliphatic carbocycles. The molecular formula is C15H14Cl2N2. The van der Waals surface area contributed by atoms with Crippen LogP contribution in [0, 0.1) is 0 Å². The SMILES string of the molecule is CC1Cc2ccccc2N1Cc1cnc(Cl)cc1Cl. The van der Waals surface area contributed by atoms with Gasteiger partial charge in [-0.05, 0) is 31.0 Å². The molecule has 0 saturated carbocycles. The van der Waals surface area contributed by atoms with Gasteiger partial charge in [0.2, 0.25) is 0 Å². The number of benzene rings is 1. The van der Waals surface area contributed by atoms with Crippen molar-refractivity contribution in [3.05, 3.63) is 57.8 Å². The van der Waals surface area contributed by atoms with Gasteiger partial charge in [-0.1, -0.05) is 41.4 Å². The van der Waals surface area contributed by atoms with Crippen molar-refractivity contribution in [2.45, 2.75) is 25.9 Å². The summed E-state index contributed by atoms with van der Waals surface area (Å²) in [5.41, 5.74) is 3.70. The molecular weight excluding hydrogens is 279 g/mol. The van der Waals surface area contributed by atoms with Gasteiger partial charge in [0.15, 0.2) is 0 Å². The Hall–Kier alpha value is -1.25. The van der Waals surface area contributed by atoms with Crippen LogP contribution in [0.3, 0.4) is 0 Å². The van der Waals surface area contributed by atoms with Gasteiger partial charge in [0.25, 0.3) is 0 Å². The quantitative estimate of drug-likeness (QED) is 0.766. The molecule has 0 amide bonds. The lowest BCUT2D eigenvalue weighted by molar-refractivity contribution is 0.671. The Morgan fingerprint density at radius 3 is 2.89 bits per heavy atom. The lowest BCUT2D eigenvalue weighted by Gasteiger charge is -2.25. The summed E-state index contributed by atoms with van der Waals surface area (Å²) in [7, 11) is 0. The zero-order chi connectivity index (χ0) is 13.4. The molecule has 2 nitrogen and oxygen atoms in total. The largest absolute Gasteiger partial charge is 0.364 e. The van der Waals surface area contributed by atoms with Crippen molar-refractivity contribution in [3.63, 3.8) is 0 Å². The van der Waals surface area contributed by atoms with Crippen LogP contribution < -0.4 is 4.90 Å². The lowest BCUT2D eigenvalue weighted by Crippen LogP contribution is -2.28. The van der Waals surface area contributed by atoms with Crippen molar-refractivity contribution < 1.29 is 0 Å². The third kappa shape index (κ3) is 2.43. The molecule has 2 aromatic rings. The zero-order valence-corrected chi connectivity index (χ0v) is 12.1. The van der Waals surface area contributed by atoms with Crippen LogP contribution in [-0.4, -0.2) is 11.0 Å². The number of aromatic nitrogens is 1. The smallest absolute Gasteiger partial charge is 0.130 e. The summed E-state index contributed by atoms with van der Waals surface area (Å²) < 4.78 is 0. The van der Waals surface area contributed by atoms with Gasteiger partial charge < -0.3 is 4.90 Å². The molecule has 1 aliphatic rings. The van der Waals surface area contributed by atoms with E-state index in [1.807, 2.05) is 0 Å². The second-order valence-corrected chi connectivity index (χ2v) is 5.70. The van der Waals surface area contributed by atoms with E-state index < -0.39 is 0 Å². The van der Waals surface area contributed by atoms with Crippen molar-refractivity contribution in [3.8, 4) is 0 Å². The van der Waals surface area contributed by atoms with Gasteiger partial charge in [0.1, 0.15) is 5.15 Å². The highest BCUT2D eigenvalue weighted by Crippen LogP contribution is 2.34. The first-order valence-electron chi connectivity index (χ1n) is 6.29. The van der Waals surface area contributed by atoms with Gasteiger partial charge in [-0.25, -0.2) is 4.98 Å². The first kappa shape index (κ1) is 12.8. The van der Waals surface area contributed by atoms with Crippen LogP contribution in [0.4, 0.5) is 5.69 Å². The van der Waals surface area contributed by atoms with Crippen molar-refractivity contribution in [1.82, 2.24) is 4.98 Å². The van der Waals surface area contributed by atoms with E-state index in [2.05, 4.69) is 41.1 Å². The maximum atomic E-state index is 6.23. The molecule has 1 atom stereocenters. The summed E-state index contributed by atoms with van der Waals surface area (Å²) in [5.74, 6) is 0. The third-order valence-corrected chi connectivity index (χ3v) is 4.14. The van der Waals surface area contributed by atoms with Gasteiger partial charge in [0.05, 0.1) is 5.02 Å². The van der Waals surface area contributed by atoms with Crippen molar-refractivity contribution in [2.75, 3.05) is 4.90 Å². The minimum absolute atomic E-state index is 0.434. The minimum atomic E-state index is 0.434. The maximum Gasteiger partial charge on any atom is 0.130 e. The molecule has 1 aliphatic heterocycles. The first-order chi connectivity index (χ1) is 9.15. The van der Waals surface area contributed by atoms with Crippen LogP contribution in [0.2, 0.25) is 10.2 Å². The summed E-state index contributed by atoms with van der Waals surface area (Å²) >= 11 is 12.1. The number of rotatable bonds is 2. The van der Waals surface area contributed by atoms with E-state index >= 15 is 0 Å². The van der Waals surface area contributed by atoms with E-state index in [-0.39, 0.29) is 0 Å². The number of nitrogens with zero attached hydrogens (tertiary/aromatic N) is 2. The Morgan fingerprint density at radius 1 is 1.32 bits per heavy atom. The minimum Gasteiger partial charge on any atom is -0.364 e. The van der Waals surface area contributed by atoms with Crippen molar-refractivity contribution >= 4 is 28.9 Å². The molecule has 1 unspecified atom stereocenters. The number of pyridine rings is 1. The monoisotopic (exact) mass is 292 g/mol. The standard InChI is InChI=1S/C15H14Cl2N2/c1-10-6-11-4-2-3-5-14(11)19(10)9-12-8-18-15(17)7-13(12)16/h2-5,7-8,10H,6,9H2,1H3. The fourth-order valence-corrected chi connectivity index (χ4v) is 3.03. The van der Waals surface area contributed by atoms with E-state index in [0.29, 0.717) is 16.2 Å². The van der Waals surface area contributed by atoms with Crippen LogP contribution in [-0.2, 0) is 13.0 Å². The highest BCUT2D eigenvalue weighted by molar-refractivity contribution is 6.34. The Labute approximate surface area is 123 Å². The summed E-state index contributed by atoms with van der Waals surface area (Å²) in [6.07, 6.45) is 2.84. The summed E-state index contributed by atoms with van der Waals surface area (Å²) in [5, 5.41) is 1.11. The predicted octanol–water partition coefficient (Wildman–Crippen LogP) is 4.34. The van der Waals surface area contributed by atoms with E-state index in [1.54, 1.807) is 12.3 Å². The molecule has 0 bridgehead atoms. The van der Waals surface area contributed by atoms with Crippen LogP contribution in [0.1, 0.15) is 18.1 Å². The Kier molecular flexibility index (Phi) is 3.38. The molecule has 3 rings (SSSR count). The molecule has 2 heterocycles. The van der Waals surface area contributed by atoms with Crippen LogP contribution in [0.15, 0.2) is 36.5 Å². The van der Waals surface area contributed by atoms with E-state index in [1.165, 1.54) is 11.3 Å². The van der Waals surface area contributed by atoms with Gasteiger partial charge in [0, 0.05) is 30.0 Å². The molecule has 4 heteroatoms. The summed E-state index contributed by atoms with van der Waals surface area (Å²) in [6.45, 7) is 3.00. The average molecular weight is 293 g/mol. The Bertz CT molecular complexity index is 613. The number of para-hydroxylation sites is 1. The van der Waals surface area contributed by atoms with Crippen LogP contribution >= 0.6 is 23.2 Å². The highest BCUT2D eigenvalue weighted by atomic mass is 35.5. The van der Waals surface area contributed by atoms with Gasteiger partial charge in [-0.3, -0.25) is 0 Å². The topological polar surface area (TPSA) is 16.1 Å². The fourth-order valence-electron chi connectivity index (χ4n) is 2.61. The number of hydrogen-bond acceptors (Lipinski definition) is 2. The second-order valence-electron chi connectivity index (χ2n) is 4.91. The number of anilines is 1. The van der Waals surface area contributed by atoms with Gasteiger partial charge in [-0.15, -0.1) is 0 Å². The zero-order valence-electron chi connectivity index (χ0n) is 10.6. The van der Waals surface area contributed by atoms with Crippen LogP contribution in [0.5, 0.6) is 0 Å². The summed E-state index contributed by atoms with van der Waals surface area (Å²) in [6, 6.07) is 10.7. The predicted molar refractivity (Wildman–Crippen MR) is 80.0 cm³/mol. The molecule has 19 heavy (non-hydrogen) atoms. The maximum absolute atomic E-state index is 6.23. The van der Waals surface area contributed by atoms with Crippen molar-refractivity contribution in [2.24, 2.45) is 0 Å². The lowest BCUT2D eigenvalue weighted by atomic mass is 10.1. The average Bonchev–Trinajstić information content (AvgIpc) is 2.69. The van der Waals surface area contributed by atoms with Crippen LogP contribution in [0.25, 0.3) is 0 Å². The molecule has 0 fully saturated rings. The third-order valence-electron chi connectivity index (χ3n) is 3.59. The van der Waals surface area contributed by atoms with Gasteiger partial charge >= 0.3 is 0 Å². The number of halogens is 2. The molecule has 98 valence electrons. The Morgan fingerprint density at radius 2 is 2.11 bits per heavy atom. The van der Waals surface area contributed by atoms with E-state index in [0.717, 1.165) is 18.5 Å². The first-order valence-corrected chi connectivity index (χ1v) is 7.05. The normalized spacial score (nSPS) is 17.6. The molecule has 1 aromatic heterocycles. The van der Waals surface area contributed by atoms with E-state index in [9.17, 15) is 0 Å².